The Morgan fingerprint density at radius 1 is 0.926 bits per heavy atom. The Morgan fingerprint density at radius 2 is 1.37 bits per heavy atom. The number of thiocarbonyl (C=S) groups is 1. The molecule has 1 atom stereocenters. The number of alkyl halides is 6. The van der Waals surface area contributed by atoms with Gasteiger partial charge in [0.1, 0.15) is 0 Å². The van der Waals surface area contributed by atoms with Crippen LogP contribution in [0.15, 0.2) is 18.2 Å². The van der Waals surface area contributed by atoms with Gasteiger partial charge in [-0.3, -0.25) is 0 Å². The number of benzene rings is 1. The van der Waals surface area contributed by atoms with Gasteiger partial charge in [0.05, 0.1) is 11.1 Å². The van der Waals surface area contributed by atoms with Crippen molar-refractivity contribution in [2.45, 2.75) is 46.0 Å². The van der Waals surface area contributed by atoms with Crippen molar-refractivity contribution in [2.75, 3.05) is 20.6 Å². The molecule has 0 bridgehead atoms. The van der Waals surface area contributed by atoms with Gasteiger partial charge in [-0.2, -0.15) is 26.3 Å². The summed E-state index contributed by atoms with van der Waals surface area (Å²) < 4.78 is 77.9. The third-order valence-electron chi connectivity index (χ3n) is 4.33. The van der Waals surface area contributed by atoms with Crippen LogP contribution in [0.1, 0.15) is 43.9 Å². The van der Waals surface area contributed by atoms with E-state index in [0.29, 0.717) is 11.3 Å². The Kier molecular flexibility index (Phi) is 7.49. The van der Waals surface area contributed by atoms with Crippen LogP contribution in [0.2, 0.25) is 0 Å². The molecule has 0 unspecified atom stereocenters. The molecule has 0 aliphatic heterocycles. The minimum absolute atomic E-state index is 0.0698. The van der Waals surface area contributed by atoms with Crippen LogP contribution in [-0.2, 0) is 18.8 Å². The zero-order valence-electron chi connectivity index (χ0n) is 16.1. The van der Waals surface area contributed by atoms with E-state index < -0.39 is 23.5 Å². The van der Waals surface area contributed by atoms with E-state index in [4.69, 9.17) is 12.2 Å². The van der Waals surface area contributed by atoms with Crippen molar-refractivity contribution in [1.82, 2.24) is 4.90 Å². The van der Waals surface area contributed by atoms with E-state index in [1.165, 1.54) is 0 Å². The van der Waals surface area contributed by atoms with Crippen LogP contribution >= 0.6 is 12.2 Å². The highest BCUT2D eigenvalue weighted by atomic mass is 32.1. The summed E-state index contributed by atoms with van der Waals surface area (Å²) in [6.07, 6.45) is -9.34. The molecule has 0 amide bonds. The van der Waals surface area contributed by atoms with Crippen LogP contribution in [0.25, 0.3) is 0 Å². The highest BCUT2D eigenvalue weighted by Crippen LogP contribution is 2.37. The number of halogens is 6. The van der Waals surface area contributed by atoms with Crippen LogP contribution < -0.4 is 0 Å². The number of nitrogens with zero attached hydrogens (tertiary/aromatic N) is 1. The van der Waals surface area contributed by atoms with Gasteiger partial charge in [0.25, 0.3) is 0 Å². The maximum absolute atomic E-state index is 13.0. The average molecular weight is 413 g/mol. The highest BCUT2D eigenvalue weighted by Gasteiger charge is 2.37. The zero-order chi connectivity index (χ0) is 21.2. The number of rotatable bonds is 6. The minimum atomic E-state index is -4.85. The van der Waals surface area contributed by atoms with Crippen LogP contribution in [0.5, 0.6) is 0 Å². The predicted octanol–water partition coefficient (Wildman–Crippen LogP) is 6.25. The third-order valence-corrected chi connectivity index (χ3v) is 4.64. The lowest BCUT2D eigenvalue weighted by Gasteiger charge is -2.33. The van der Waals surface area contributed by atoms with Gasteiger partial charge < -0.3 is 4.90 Å². The summed E-state index contributed by atoms with van der Waals surface area (Å²) in [6, 6.07) is 1.63. The van der Waals surface area contributed by atoms with Gasteiger partial charge in [0.2, 0.25) is 0 Å². The molecule has 0 aliphatic rings. The first-order valence-electron chi connectivity index (χ1n) is 8.45. The van der Waals surface area contributed by atoms with Gasteiger partial charge in [-0.25, -0.2) is 0 Å². The van der Waals surface area contributed by atoms with Gasteiger partial charge >= 0.3 is 12.4 Å². The van der Waals surface area contributed by atoms with Crippen molar-refractivity contribution >= 4 is 17.1 Å². The molecule has 0 saturated heterocycles. The Hall–Kier alpha value is -1.15. The van der Waals surface area contributed by atoms with Crippen LogP contribution in [0, 0.1) is 11.3 Å². The first-order chi connectivity index (χ1) is 12.0. The lowest BCUT2D eigenvalue weighted by Crippen LogP contribution is -2.33. The quantitative estimate of drug-likeness (QED) is 0.401. The lowest BCUT2D eigenvalue weighted by atomic mass is 9.77. The second-order valence-corrected chi connectivity index (χ2v) is 8.74. The average Bonchev–Trinajstić information content (AvgIpc) is 2.42. The molecular weight excluding hydrogens is 388 g/mol. The molecule has 0 aromatic heterocycles. The third kappa shape index (κ3) is 7.78. The molecular formula is C19H25F6NS. The first kappa shape index (κ1) is 23.9. The van der Waals surface area contributed by atoms with Crippen molar-refractivity contribution in [1.29, 1.82) is 0 Å². The molecule has 0 saturated carbocycles. The molecule has 0 heterocycles. The van der Waals surface area contributed by atoms with E-state index in [2.05, 4.69) is 0 Å². The summed E-state index contributed by atoms with van der Waals surface area (Å²) in [4.78, 5) is 2.44. The maximum Gasteiger partial charge on any atom is 0.416 e. The smallest absolute Gasteiger partial charge is 0.309 e. The summed E-state index contributed by atoms with van der Waals surface area (Å²) in [5.74, 6) is 0.132. The minimum Gasteiger partial charge on any atom is -0.309 e. The van der Waals surface area contributed by atoms with Crippen LogP contribution in [0.4, 0.5) is 26.3 Å². The van der Waals surface area contributed by atoms with Gasteiger partial charge in [-0.05, 0) is 60.5 Å². The summed E-state index contributed by atoms with van der Waals surface area (Å²) in [5, 5.41) is 0. The van der Waals surface area contributed by atoms with E-state index in [1.54, 1.807) is 0 Å². The second kappa shape index (κ2) is 8.47. The Balaban J connectivity index is 3.10. The Bertz CT molecular complexity index is 623. The molecule has 154 valence electrons. The van der Waals surface area contributed by atoms with Gasteiger partial charge in [-0.15, -0.1) is 0 Å². The fourth-order valence-corrected chi connectivity index (χ4v) is 3.15. The SMILES string of the molecule is CN(C)C[C@H](CC(=S)Cc1cc(C(F)(F)F)cc(C(F)(F)F)c1)C(C)(C)C. The van der Waals surface area contributed by atoms with Crippen LogP contribution in [-0.4, -0.2) is 30.4 Å². The topological polar surface area (TPSA) is 3.24 Å². The van der Waals surface area contributed by atoms with Crippen LogP contribution in [0.3, 0.4) is 0 Å². The number of hydrogen-bond donors (Lipinski definition) is 0. The Labute approximate surface area is 161 Å². The largest absolute Gasteiger partial charge is 0.416 e. The van der Waals surface area contributed by atoms with E-state index in [-0.39, 0.29) is 29.4 Å². The van der Waals surface area contributed by atoms with Gasteiger partial charge in [0, 0.05) is 13.0 Å². The zero-order valence-corrected chi connectivity index (χ0v) is 16.9. The predicted molar refractivity (Wildman–Crippen MR) is 98.9 cm³/mol. The molecule has 0 radical (unpaired) electrons. The molecule has 0 N–H and O–H groups in total. The summed E-state index contributed by atoms with van der Waals surface area (Å²) in [7, 11) is 3.81. The van der Waals surface area contributed by atoms with E-state index in [1.807, 2.05) is 39.8 Å². The molecule has 8 heteroatoms. The fourth-order valence-electron chi connectivity index (χ4n) is 2.78. The summed E-state index contributed by atoms with van der Waals surface area (Å²) >= 11 is 5.33. The van der Waals surface area contributed by atoms with Crippen molar-refractivity contribution in [3.05, 3.63) is 34.9 Å². The van der Waals surface area contributed by atoms with E-state index in [0.717, 1.165) is 18.7 Å². The summed E-state index contributed by atoms with van der Waals surface area (Å²) in [6.45, 7) is 6.83. The molecule has 0 fully saturated rings. The molecule has 1 rings (SSSR count). The lowest BCUT2D eigenvalue weighted by molar-refractivity contribution is -0.143. The van der Waals surface area contributed by atoms with Crippen molar-refractivity contribution in [3.63, 3.8) is 0 Å². The molecule has 0 spiro atoms. The maximum atomic E-state index is 13.0. The monoisotopic (exact) mass is 413 g/mol. The molecule has 0 aliphatic carbocycles. The molecule has 1 nitrogen and oxygen atoms in total. The second-order valence-electron chi connectivity index (χ2n) is 8.16. The van der Waals surface area contributed by atoms with Crippen molar-refractivity contribution in [2.24, 2.45) is 11.3 Å². The Morgan fingerprint density at radius 3 is 1.70 bits per heavy atom. The standard InChI is InChI=1S/C19H25F6NS/c1-17(2,3)15(11-26(4)5)10-16(27)8-12-6-13(18(20,21)22)9-14(7-12)19(23,24)25/h6-7,9,15H,8,10-11H2,1-5H3/t15-/m0/s1. The van der Waals surface area contributed by atoms with E-state index >= 15 is 0 Å². The fraction of sp³-hybridized carbons (Fsp3) is 0.632. The molecule has 27 heavy (non-hydrogen) atoms. The summed E-state index contributed by atoms with van der Waals surface area (Å²) in [5.41, 5.74) is -2.79. The van der Waals surface area contributed by atoms with Crippen molar-refractivity contribution in [3.8, 4) is 0 Å². The first-order valence-corrected chi connectivity index (χ1v) is 8.85. The van der Waals surface area contributed by atoms with Crippen molar-refractivity contribution < 1.29 is 26.3 Å². The molecule has 1 aromatic carbocycles. The normalized spacial score (nSPS) is 14.5. The van der Waals surface area contributed by atoms with Gasteiger partial charge in [-0.1, -0.05) is 33.0 Å². The highest BCUT2D eigenvalue weighted by molar-refractivity contribution is 7.80. The molecule has 1 aromatic rings. The van der Waals surface area contributed by atoms with E-state index in [9.17, 15) is 26.3 Å². The van der Waals surface area contributed by atoms with Gasteiger partial charge in [0.15, 0.2) is 0 Å². The number of hydrogen-bond acceptors (Lipinski definition) is 2.